The molecule has 0 aromatic heterocycles. The quantitative estimate of drug-likeness (QED) is 0.386. The summed E-state index contributed by atoms with van der Waals surface area (Å²) in [6, 6.07) is 5.43. The minimum atomic E-state index is -1.82. The molecule has 1 saturated heterocycles. The van der Waals surface area contributed by atoms with Crippen molar-refractivity contribution in [2.75, 3.05) is 13.2 Å². The highest BCUT2D eigenvalue weighted by Gasteiger charge is 2.51. The van der Waals surface area contributed by atoms with Gasteiger partial charge in [-0.25, -0.2) is 0 Å². The van der Waals surface area contributed by atoms with E-state index in [-0.39, 0.29) is 5.04 Å². The molecule has 0 bridgehead atoms. The maximum atomic E-state index is 11.4. The molecule has 0 amide bonds. The molecule has 1 heterocycles. The van der Waals surface area contributed by atoms with Crippen LogP contribution in [0.2, 0.25) is 18.1 Å². The first-order valence-electron chi connectivity index (χ1n) is 9.92. The standard InChI is InChI=1S/C21H35BO5Si/c1-19(2,3)28(8,9)25-13-12-24-18-14-17(11-10-16(18)15-23)22-26-20(4,5)21(6,7)27-22/h10-11,14-15H,12-13H2,1-9H3. The molecule has 5 nitrogen and oxygen atoms in total. The molecule has 2 rings (SSSR count). The van der Waals surface area contributed by atoms with E-state index in [1.165, 1.54) is 0 Å². The molecular formula is C21H35BO5Si. The van der Waals surface area contributed by atoms with E-state index >= 15 is 0 Å². The molecule has 0 saturated carbocycles. The van der Waals surface area contributed by atoms with Crippen LogP contribution < -0.4 is 10.2 Å². The highest BCUT2D eigenvalue weighted by Crippen LogP contribution is 2.37. The van der Waals surface area contributed by atoms with Gasteiger partial charge in [0, 0.05) is 0 Å². The Morgan fingerprint density at radius 1 is 1.07 bits per heavy atom. The fourth-order valence-electron chi connectivity index (χ4n) is 2.56. The van der Waals surface area contributed by atoms with Gasteiger partial charge in [0.15, 0.2) is 14.6 Å². The second kappa shape index (κ2) is 7.94. The van der Waals surface area contributed by atoms with Crippen LogP contribution in [0.4, 0.5) is 0 Å². The van der Waals surface area contributed by atoms with Crippen molar-refractivity contribution in [1.29, 1.82) is 0 Å². The van der Waals surface area contributed by atoms with Crippen LogP contribution in [-0.4, -0.2) is 46.1 Å². The second-order valence-corrected chi connectivity index (χ2v) is 14.8. The zero-order valence-electron chi connectivity index (χ0n) is 18.8. The summed E-state index contributed by atoms with van der Waals surface area (Å²) in [5.41, 5.74) is 0.509. The zero-order chi connectivity index (χ0) is 21.4. The first kappa shape index (κ1) is 23.1. The molecule has 1 fully saturated rings. The Kier molecular flexibility index (Phi) is 6.56. The average Bonchev–Trinajstić information content (AvgIpc) is 2.78. The first-order valence-corrected chi connectivity index (χ1v) is 12.8. The van der Waals surface area contributed by atoms with E-state index < -0.39 is 26.6 Å². The predicted molar refractivity (Wildman–Crippen MR) is 116 cm³/mol. The highest BCUT2D eigenvalue weighted by atomic mass is 28.4. The van der Waals surface area contributed by atoms with Gasteiger partial charge in [-0.1, -0.05) is 26.8 Å². The number of rotatable bonds is 7. The molecule has 0 radical (unpaired) electrons. The van der Waals surface area contributed by atoms with Crippen molar-refractivity contribution >= 4 is 27.2 Å². The Balaban J connectivity index is 2.07. The third-order valence-corrected chi connectivity index (χ3v) is 10.8. The number of benzene rings is 1. The molecule has 7 heteroatoms. The Morgan fingerprint density at radius 3 is 2.14 bits per heavy atom. The fraction of sp³-hybridized carbons (Fsp3) is 0.667. The van der Waals surface area contributed by atoms with Crippen molar-refractivity contribution in [2.24, 2.45) is 0 Å². The van der Waals surface area contributed by atoms with Crippen LogP contribution in [0.1, 0.15) is 58.8 Å². The van der Waals surface area contributed by atoms with Gasteiger partial charge in [0.1, 0.15) is 12.4 Å². The topological polar surface area (TPSA) is 54.0 Å². The summed E-state index contributed by atoms with van der Waals surface area (Å²) in [6.45, 7) is 20.0. The van der Waals surface area contributed by atoms with E-state index in [1.807, 2.05) is 39.8 Å². The molecule has 1 aliphatic rings. The van der Waals surface area contributed by atoms with E-state index in [4.69, 9.17) is 18.5 Å². The lowest BCUT2D eigenvalue weighted by molar-refractivity contribution is 0.00578. The van der Waals surface area contributed by atoms with Gasteiger partial charge in [0.05, 0.1) is 23.4 Å². The monoisotopic (exact) mass is 406 g/mol. The van der Waals surface area contributed by atoms with E-state index in [2.05, 4.69) is 33.9 Å². The zero-order valence-corrected chi connectivity index (χ0v) is 19.8. The molecule has 1 aromatic carbocycles. The Labute approximate surface area is 171 Å². The first-order chi connectivity index (χ1) is 12.7. The van der Waals surface area contributed by atoms with Gasteiger partial charge in [0.25, 0.3) is 0 Å². The van der Waals surface area contributed by atoms with E-state index in [0.29, 0.717) is 24.5 Å². The maximum absolute atomic E-state index is 11.4. The van der Waals surface area contributed by atoms with Gasteiger partial charge >= 0.3 is 7.12 Å². The number of carbonyl (C=O) groups excluding carboxylic acids is 1. The molecule has 0 N–H and O–H groups in total. The normalized spacial score (nSPS) is 19.0. The van der Waals surface area contributed by atoms with Gasteiger partial charge in [-0.15, -0.1) is 0 Å². The van der Waals surface area contributed by atoms with Crippen LogP contribution in [0.25, 0.3) is 0 Å². The van der Waals surface area contributed by atoms with Crippen molar-refractivity contribution in [3.63, 3.8) is 0 Å². The Hall–Kier alpha value is -1.15. The van der Waals surface area contributed by atoms with Crippen LogP contribution in [0.15, 0.2) is 18.2 Å². The van der Waals surface area contributed by atoms with Crippen LogP contribution in [0, 0.1) is 0 Å². The van der Waals surface area contributed by atoms with Crippen molar-refractivity contribution in [2.45, 2.75) is 77.8 Å². The largest absolute Gasteiger partial charge is 0.494 e. The average molecular weight is 406 g/mol. The maximum Gasteiger partial charge on any atom is 0.494 e. The molecule has 1 aliphatic heterocycles. The second-order valence-electron chi connectivity index (χ2n) is 9.96. The van der Waals surface area contributed by atoms with E-state index in [0.717, 1.165) is 11.7 Å². The number of carbonyl (C=O) groups is 1. The molecule has 0 spiro atoms. The third-order valence-electron chi connectivity index (χ3n) is 6.30. The van der Waals surface area contributed by atoms with Crippen molar-refractivity contribution in [3.05, 3.63) is 23.8 Å². The van der Waals surface area contributed by atoms with Crippen molar-refractivity contribution < 1.29 is 23.3 Å². The van der Waals surface area contributed by atoms with E-state index in [9.17, 15) is 4.79 Å². The summed E-state index contributed by atoms with van der Waals surface area (Å²) in [5, 5.41) is 0.150. The lowest BCUT2D eigenvalue weighted by atomic mass is 9.78. The highest BCUT2D eigenvalue weighted by molar-refractivity contribution is 6.74. The van der Waals surface area contributed by atoms with Gasteiger partial charge in [-0.2, -0.15) is 0 Å². The van der Waals surface area contributed by atoms with Gasteiger partial charge < -0.3 is 18.5 Å². The minimum absolute atomic E-state index is 0.150. The van der Waals surface area contributed by atoms with Crippen LogP contribution >= 0.6 is 0 Å². The molecule has 0 aliphatic carbocycles. The summed E-state index contributed by atoms with van der Waals surface area (Å²) in [5.74, 6) is 0.529. The summed E-state index contributed by atoms with van der Waals surface area (Å²) >= 11 is 0. The summed E-state index contributed by atoms with van der Waals surface area (Å²) in [6.07, 6.45) is 0.804. The Morgan fingerprint density at radius 2 is 1.64 bits per heavy atom. The van der Waals surface area contributed by atoms with E-state index in [1.54, 1.807) is 6.07 Å². The SMILES string of the molecule is CC1(C)OB(c2ccc(C=O)c(OCCO[Si](C)(C)C(C)(C)C)c2)OC1(C)C. The molecule has 0 unspecified atom stereocenters. The molecular weight excluding hydrogens is 371 g/mol. The third kappa shape index (κ3) is 4.88. The minimum Gasteiger partial charge on any atom is -0.491 e. The summed E-state index contributed by atoms with van der Waals surface area (Å²) < 4.78 is 24.2. The molecule has 156 valence electrons. The fourth-order valence-corrected chi connectivity index (χ4v) is 3.59. The summed E-state index contributed by atoms with van der Waals surface area (Å²) in [7, 11) is -2.31. The molecule has 1 aromatic rings. The van der Waals surface area contributed by atoms with Gasteiger partial charge in [-0.3, -0.25) is 4.79 Å². The molecule has 28 heavy (non-hydrogen) atoms. The molecule has 0 atom stereocenters. The van der Waals surface area contributed by atoms with Crippen molar-refractivity contribution in [3.8, 4) is 5.75 Å². The lowest BCUT2D eigenvalue weighted by Gasteiger charge is -2.36. The number of hydrogen-bond acceptors (Lipinski definition) is 5. The number of aldehydes is 1. The Bertz CT molecular complexity index is 693. The lowest BCUT2D eigenvalue weighted by Crippen LogP contribution is -2.41. The van der Waals surface area contributed by atoms with Crippen molar-refractivity contribution in [1.82, 2.24) is 0 Å². The predicted octanol–water partition coefficient (Wildman–Crippen LogP) is 4.20. The smallest absolute Gasteiger partial charge is 0.491 e. The van der Waals surface area contributed by atoms with Crippen LogP contribution in [0.3, 0.4) is 0 Å². The van der Waals surface area contributed by atoms with Gasteiger partial charge in [0.2, 0.25) is 0 Å². The number of hydrogen-bond donors (Lipinski definition) is 0. The number of ether oxygens (including phenoxy) is 1. The van der Waals surface area contributed by atoms with Crippen LogP contribution in [-0.2, 0) is 13.7 Å². The summed E-state index contributed by atoms with van der Waals surface area (Å²) in [4.78, 5) is 11.4. The van der Waals surface area contributed by atoms with Gasteiger partial charge in [-0.05, 0) is 63.4 Å². The van der Waals surface area contributed by atoms with Crippen LogP contribution in [0.5, 0.6) is 5.75 Å².